The van der Waals surface area contributed by atoms with Gasteiger partial charge in [-0.1, -0.05) is 19.3 Å². The zero-order valence-electron chi connectivity index (χ0n) is 11.4. The van der Waals surface area contributed by atoms with Gasteiger partial charge in [0.25, 0.3) is 0 Å². The number of aryl methyl sites for hydroxylation is 1. The van der Waals surface area contributed by atoms with E-state index in [1.165, 1.54) is 22.1 Å². The van der Waals surface area contributed by atoms with E-state index in [4.69, 9.17) is 5.11 Å². The Hall–Kier alpha value is -0.430. The standard InChI is InChI=1S/C13H21NO3S2/c1-10-13(8-12(9-15)18-10)19(16,17)14(2)11-6-4-3-5-7-11/h8,11,15H,3-7,9H2,1-2H3. The maximum Gasteiger partial charge on any atom is 0.244 e. The summed E-state index contributed by atoms with van der Waals surface area (Å²) >= 11 is 1.35. The molecule has 0 atom stereocenters. The summed E-state index contributed by atoms with van der Waals surface area (Å²) in [6, 6.07) is 1.73. The minimum atomic E-state index is -3.43. The van der Waals surface area contributed by atoms with E-state index in [1.54, 1.807) is 20.0 Å². The summed E-state index contributed by atoms with van der Waals surface area (Å²) in [6.45, 7) is 1.69. The predicted octanol–water partition coefficient (Wildman–Crippen LogP) is 2.50. The van der Waals surface area contributed by atoms with Gasteiger partial charge in [-0.15, -0.1) is 11.3 Å². The highest BCUT2D eigenvalue weighted by Crippen LogP contribution is 2.31. The van der Waals surface area contributed by atoms with E-state index < -0.39 is 10.0 Å². The first-order chi connectivity index (χ1) is 8.96. The number of aliphatic hydroxyl groups is 1. The Bertz CT molecular complexity index is 530. The van der Waals surface area contributed by atoms with Crippen molar-refractivity contribution in [3.05, 3.63) is 15.8 Å². The van der Waals surface area contributed by atoms with Crippen molar-refractivity contribution in [1.29, 1.82) is 0 Å². The van der Waals surface area contributed by atoms with Crippen LogP contribution in [-0.4, -0.2) is 30.9 Å². The summed E-state index contributed by atoms with van der Waals surface area (Å²) in [4.78, 5) is 1.81. The van der Waals surface area contributed by atoms with Crippen LogP contribution < -0.4 is 0 Å². The minimum absolute atomic E-state index is 0.103. The number of thiophene rings is 1. The third-order valence-electron chi connectivity index (χ3n) is 3.83. The summed E-state index contributed by atoms with van der Waals surface area (Å²) in [7, 11) is -1.74. The van der Waals surface area contributed by atoms with Crippen LogP contribution in [0.5, 0.6) is 0 Å². The number of nitrogens with zero attached hydrogens (tertiary/aromatic N) is 1. The van der Waals surface area contributed by atoms with E-state index in [0.29, 0.717) is 9.77 Å². The molecule has 0 saturated heterocycles. The zero-order chi connectivity index (χ0) is 14.0. The molecule has 1 N–H and O–H groups in total. The third kappa shape index (κ3) is 3.02. The largest absolute Gasteiger partial charge is 0.391 e. The molecular formula is C13H21NO3S2. The summed E-state index contributed by atoms with van der Waals surface area (Å²) in [5.74, 6) is 0. The average Bonchev–Trinajstić information content (AvgIpc) is 2.81. The van der Waals surface area contributed by atoms with Gasteiger partial charge in [0, 0.05) is 22.8 Å². The zero-order valence-corrected chi connectivity index (χ0v) is 13.1. The predicted molar refractivity (Wildman–Crippen MR) is 76.8 cm³/mol. The molecule has 108 valence electrons. The molecule has 0 spiro atoms. The maximum absolute atomic E-state index is 12.6. The van der Waals surface area contributed by atoms with Crippen molar-refractivity contribution < 1.29 is 13.5 Å². The van der Waals surface area contributed by atoms with Crippen LogP contribution in [0.1, 0.15) is 41.9 Å². The Morgan fingerprint density at radius 2 is 2.00 bits per heavy atom. The molecular weight excluding hydrogens is 282 g/mol. The van der Waals surface area contributed by atoms with Crippen LogP contribution in [0, 0.1) is 6.92 Å². The van der Waals surface area contributed by atoms with Crippen LogP contribution in [0.2, 0.25) is 0 Å². The fourth-order valence-corrected chi connectivity index (χ4v) is 5.53. The first-order valence-corrected chi connectivity index (χ1v) is 8.90. The Morgan fingerprint density at radius 1 is 1.37 bits per heavy atom. The van der Waals surface area contributed by atoms with Gasteiger partial charge in [-0.05, 0) is 25.8 Å². The number of sulfonamides is 1. The van der Waals surface area contributed by atoms with E-state index >= 15 is 0 Å². The van der Waals surface area contributed by atoms with Crippen LogP contribution in [0.25, 0.3) is 0 Å². The molecule has 1 saturated carbocycles. The molecule has 0 aliphatic heterocycles. The SMILES string of the molecule is Cc1sc(CO)cc1S(=O)(=O)N(C)C1CCCCC1. The summed E-state index contributed by atoms with van der Waals surface area (Å²) in [5, 5.41) is 9.13. The van der Waals surface area contributed by atoms with Crippen LogP contribution in [0.3, 0.4) is 0 Å². The van der Waals surface area contributed by atoms with Crippen molar-refractivity contribution in [2.45, 2.75) is 56.6 Å². The van der Waals surface area contributed by atoms with E-state index in [-0.39, 0.29) is 12.6 Å². The Kier molecular flexibility index (Phi) is 4.66. The van der Waals surface area contributed by atoms with Crippen molar-refractivity contribution in [2.75, 3.05) is 7.05 Å². The number of hydrogen-bond donors (Lipinski definition) is 1. The van der Waals surface area contributed by atoms with Gasteiger partial charge in [0.1, 0.15) is 0 Å². The first kappa shape index (κ1) is 15.0. The lowest BCUT2D eigenvalue weighted by Crippen LogP contribution is -2.38. The molecule has 1 aromatic heterocycles. The molecule has 1 aliphatic rings. The highest BCUT2D eigenvalue weighted by molar-refractivity contribution is 7.89. The fraction of sp³-hybridized carbons (Fsp3) is 0.692. The summed E-state index contributed by atoms with van der Waals surface area (Å²) in [6.07, 6.45) is 5.32. The molecule has 0 radical (unpaired) electrons. The Morgan fingerprint density at radius 3 is 2.53 bits per heavy atom. The van der Waals surface area contributed by atoms with Crippen LogP contribution in [-0.2, 0) is 16.6 Å². The minimum Gasteiger partial charge on any atom is -0.391 e. The monoisotopic (exact) mass is 303 g/mol. The van der Waals surface area contributed by atoms with Crippen LogP contribution in [0.15, 0.2) is 11.0 Å². The second-order valence-electron chi connectivity index (χ2n) is 5.10. The molecule has 19 heavy (non-hydrogen) atoms. The lowest BCUT2D eigenvalue weighted by Gasteiger charge is -2.30. The number of hydrogen-bond acceptors (Lipinski definition) is 4. The lowest BCUT2D eigenvalue weighted by atomic mass is 9.96. The molecule has 0 bridgehead atoms. The number of rotatable bonds is 4. The van der Waals surface area contributed by atoms with Crippen molar-refractivity contribution in [2.24, 2.45) is 0 Å². The molecule has 1 aliphatic carbocycles. The smallest absolute Gasteiger partial charge is 0.244 e. The normalized spacial score (nSPS) is 18.1. The fourth-order valence-electron chi connectivity index (χ4n) is 2.65. The molecule has 0 aromatic carbocycles. The van der Waals surface area contributed by atoms with Gasteiger partial charge in [-0.25, -0.2) is 8.42 Å². The van der Waals surface area contributed by atoms with Crippen molar-refractivity contribution in [1.82, 2.24) is 4.31 Å². The molecule has 1 aromatic rings. The molecule has 1 fully saturated rings. The maximum atomic E-state index is 12.6. The van der Waals surface area contributed by atoms with E-state index in [2.05, 4.69) is 0 Å². The van der Waals surface area contributed by atoms with Gasteiger partial charge < -0.3 is 5.11 Å². The molecule has 2 rings (SSSR count). The van der Waals surface area contributed by atoms with E-state index in [0.717, 1.165) is 30.6 Å². The summed E-state index contributed by atoms with van der Waals surface area (Å²) < 4.78 is 26.8. The quantitative estimate of drug-likeness (QED) is 0.930. The van der Waals surface area contributed by atoms with Gasteiger partial charge in [0.05, 0.1) is 11.5 Å². The van der Waals surface area contributed by atoms with Gasteiger partial charge in [-0.3, -0.25) is 0 Å². The highest BCUT2D eigenvalue weighted by Gasteiger charge is 2.31. The molecule has 1 heterocycles. The molecule has 0 unspecified atom stereocenters. The topological polar surface area (TPSA) is 57.6 Å². The van der Waals surface area contributed by atoms with E-state index in [1.807, 2.05) is 0 Å². The Labute approximate surface area is 119 Å². The molecule has 4 nitrogen and oxygen atoms in total. The van der Waals surface area contributed by atoms with Gasteiger partial charge in [0.15, 0.2) is 0 Å². The van der Waals surface area contributed by atoms with Crippen LogP contribution in [0.4, 0.5) is 0 Å². The Balaban J connectivity index is 2.27. The molecule has 0 amide bonds. The second-order valence-corrected chi connectivity index (χ2v) is 8.41. The van der Waals surface area contributed by atoms with Crippen molar-refractivity contribution in [3.8, 4) is 0 Å². The van der Waals surface area contributed by atoms with Gasteiger partial charge in [0.2, 0.25) is 10.0 Å². The third-order valence-corrected chi connectivity index (χ3v) is 7.03. The average molecular weight is 303 g/mol. The van der Waals surface area contributed by atoms with Crippen LogP contribution >= 0.6 is 11.3 Å². The lowest BCUT2D eigenvalue weighted by molar-refractivity contribution is 0.284. The van der Waals surface area contributed by atoms with E-state index in [9.17, 15) is 8.42 Å². The van der Waals surface area contributed by atoms with Gasteiger partial charge >= 0.3 is 0 Å². The second kappa shape index (κ2) is 5.91. The first-order valence-electron chi connectivity index (χ1n) is 6.65. The highest BCUT2D eigenvalue weighted by atomic mass is 32.2. The van der Waals surface area contributed by atoms with Gasteiger partial charge in [-0.2, -0.15) is 4.31 Å². The summed E-state index contributed by atoms with van der Waals surface area (Å²) in [5.41, 5.74) is 0. The van der Waals surface area contributed by atoms with Crippen molar-refractivity contribution in [3.63, 3.8) is 0 Å². The molecule has 6 heteroatoms. The number of aliphatic hydroxyl groups excluding tert-OH is 1. The van der Waals surface area contributed by atoms with Crippen molar-refractivity contribution >= 4 is 21.4 Å².